The number of benzene rings is 1. The molecule has 3 heteroatoms. The summed E-state index contributed by atoms with van der Waals surface area (Å²) in [6, 6.07) is 6.30. The summed E-state index contributed by atoms with van der Waals surface area (Å²) in [5.41, 5.74) is 1.20. The Morgan fingerprint density at radius 3 is 2.83 bits per heavy atom. The molecule has 0 aliphatic carbocycles. The fourth-order valence-electron chi connectivity index (χ4n) is 1.18. The Hall–Kier alpha value is 0.200. The zero-order valence-electron chi connectivity index (χ0n) is 6.40. The molecule has 0 nitrogen and oxygen atoms in total. The van der Waals surface area contributed by atoms with E-state index < -0.39 is 0 Å². The van der Waals surface area contributed by atoms with Crippen molar-refractivity contribution in [2.24, 2.45) is 0 Å². The van der Waals surface area contributed by atoms with Crippen molar-refractivity contribution in [1.29, 1.82) is 0 Å². The highest BCUT2D eigenvalue weighted by Crippen LogP contribution is 2.36. The second kappa shape index (κ2) is 3.16. The third kappa shape index (κ3) is 1.26. The zero-order chi connectivity index (χ0) is 8.72. The Balaban J connectivity index is 2.95. The normalized spacial score (nSPS) is 10.9. The van der Waals surface area contributed by atoms with Gasteiger partial charge in [0.15, 0.2) is 0 Å². The Morgan fingerprint density at radius 1 is 1.42 bits per heavy atom. The minimum Gasteiger partial charge on any atom is -0.122 e. The lowest BCUT2D eigenvalue weighted by Crippen LogP contribution is -1.71. The maximum Gasteiger partial charge on any atom is 0.0970 e. The first kappa shape index (κ1) is 8.78. The van der Waals surface area contributed by atoms with Crippen molar-refractivity contribution in [2.45, 2.75) is 6.92 Å². The molecule has 0 bridgehead atoms. The molecule has 0 aliphatic heterocycles. The molecule has 2 aromatic rings. The van der Waals surface area contributed by atoms with E-state index in [1.54, 1.807) is 11.3 Å². The summed E-state index contributed by atoms with van der Waals surface area (Å²) in [7, 11) is 0. The van der Waals surface area contributed by atoms with Gasteiger partial charge in [0.05, 0.1) is 4.34 Å². The van der Waals surface area contributed by atoms with Gasteiger partial charge in [0.2, 0.25) is 0 Å². The van der Waals surface area contributed by atoms with Crippen LogP contribution in [0.1, 0.15) is 5.56 Å². The van der Waals surface area contributed by atoms with Crippen molar-refractivity contribution >= 4 is 55.6 Å². The highest BCUT2D eigenvalue weighted by Gasteiger charge is 2.07. The summed E-state index contributed by atoms with van der Waals surface area (Å²) < 4.78 is 3.50. The van der Waals surface area contributed by atoms with Gasteiger partial charge in [-0.3, -0.25) is 0 Å². The Labute approximate surface area is 93.7 Å². The first-order chi connectivity index (χ1) is 5.70. The van der Waals surface area contributed by atoms with Gasteiger partial charge in [-0.05, 0) is 46.5 Å². The lowest BCUT2D eigenvalue weighted by molar-refractivity contribution is 1.59. The number of thiophene rings is 1. The molecule has 0 unspecified atom stereocenters. The minimum atomic E-state index is 0.911. The van der Waals surface area contributed by atoms with Gasteiger partial charge in [-0.25, -0.2) is 0 Å². The zero-order valence-corrected chi connectivity index (χ0v) is 10.1. The third-order valence-corrected chi connectivity index (χ3v) is 4.77. The molecular weight excluding hydrogens is 303 g/mol. The average molecular weight is 309 g/mol. The van der Waals surface area contributed by atoms with Crippen molar-refractivity contribution in [3.05, 3.63) is 31.7 Å². The van der Waals surface area contributed by atoms with Gasteiger partial charge in [0.1, 0.15) is 0 Å². The molecule has 1 aromatic carbocycles. The van der Waals surface area contributed by atoms with Gasteiger partial charge in [-0.15, -0.1) is 11.3 Å². The first-order valence-corrected chi connectivity index (χ1v) is 5.80. The van der Waals surface area contributed by atoms with E-state index in [2.05, 4.69) is 47.7 Å². The molecule has 0 N–H and O–H groups in total. The molecule has 1 aromatic heterocycles. The Kier molecular flexibility index (Phi) is 2.31. The topological polar surface area (TPSA) is 0 Å². The molecule has 2 rings (SSSR count). The highest BCUT2D eigenvalue weighted by atomic mass is 127. The van der Waals surface area contributed by atoms with Crippen LogP contribution in [0.2, 0.25) is 4.34 Å². The summed E-state index contributed by atoms with van der Waals surface area (Å²) in [5.74, 6) is 0. The van der Waals surface area contributed by atoms with Crippen molar-refractivity contribution in [2.75, 3.05) is 0 Å². The summed E-state index contributed by atoms with van der Waals surface area (Å²) in [5, 5.41) is 1.29. The molecule has 0 radical (unpaired) electrons. The van der Waals surface area contributed by atoms with E-state index in [0.717, 1.165) is 4.34 Å². The molecular formula is C9H6ClIS. The smallest absolute Gasteiger partial charge is 0.0970 e. The van der Waals surface area contributed by atoms with Crippen LogP contribution >= 0.6 is 45.5 Å². The maximum atomic E-state index is 6.04. The van der Waals surface area contributed by atoms with Crippen LogP contribution in [0.4, 0.5) is 0 Å². The number of hydrogen-bond donors (Lipinski definition) is 0. The second-order valence-electron chi connectivity index (χ2n) is 2.62. The van der Waals surface area contributed by atoms with E-state index in [0.29, 0.717) is 0 Å². The number of rotatable bonds is 0. The molecule has 0 saturated carbocycles. The van der Waals surface area contributed by atoms with Crippen LogP contribution in [0.15, 0.2) is 18.2 Å². The summed E-state index contributed by atoms with van der Waals surface area (Å²) >= 11 is 10.0. The van der Waals surface area contributed by atoms with Gasteiger partial charge in [0.25, 0.3) is 0 Å². The highest BCUT2D eigenvalue weighted by molar-refractivity contribution is 14.1. The molecule has 62 valence electrons. The SMILES string of the molecule is Cc1c(Cl)sc2c(I)cccc12. The summed E-state index contributed by atoms with van der Waals surface area (Å²) in [6.07, 6.45) is 0. The van der Waals surface area contributed by atoms with Crippen LogP contribution in [-0.4, -0.2) is 0 Å². The van der Waals surface area contributed by atoms with E-state index in [1.165, 1.54) is 19.2 Å². The van der Waals surface area contributed by atoms with E-state index in [-0.39, 0.29) is 0 Å². The van der Waals surface area contributed by atoms with E-state index in [1.807, 2.05) is 0 Å². The van der Waals surface area contributed by atoms with Crippen LogP contribution in [0, 0.1) is 10.5 Å². The summed E-state index contributed by atoms with van der Waals surface area (Å²) in [4.78, 5) is 0. The van der Waals surface area contributed by atoms with Gasteiger partial charge < -0.3 is 0 Å². The average Bonchev–Trinajstić information content (AvgIpc) is 2.32. The monoisotopic (exact) mass is 308 g/mol. The quantitative estimate of drug-likeness (QED) is 0.630. The second-order valence-corrected chi connectivity index (χ2v) is 5.40. The standard InChI is InChI=1S/C9H6ClIS/c1-5-6-3-2-4-7(11)8(6)12-9(5)10/h2-4H,1H3. The van der Waals surface area contributed by atoms with Gasteiger partial charge in [0, 0.05) is 8.27 Å². The predicted molar refractivity (Wildman–Crippen MR) is 64.3 cm³/mol. The van der Waals surface area contributed by atoms with Crippen molar-refractivity contribution in [3.8, 4) is 0 Å². The van der Waals surface area contributed by atoms with E-state index in [4.69, 9.17) is 11.6 Å². The molecule has 0 amide bonds. The van der Waals surface area contributed by atoms with Gasteiger partial charge >= 0.3 is 0 Å². The fraction of sp³-hybridized carbons (Fsp3) is 0.111. The van der Waals surface area contributed by atoms with Gasteiger partial charge in [-0.2, -0.15) is 0 Å². The lowest BCUT2D eigenvalue weighted by atomic mass is 10.2. The first-order valence-electron chi connectivity index (χ1n) is 3.53. The number of hydrogen-bond acceptors (Lipinski definition) is 1. The predicted octanol–water partition coefficient (Wildman–Crippen LogP) is 4.47. The molecule has 12 heavy (non-hydrogen) atoms. The fourth-order valence-corrected chi connectivity index (χ4v) is 3.28. The van der Waals surface area contributed by atoms with Crippen molar-refractivity contribution in [3.63, 3.8) is 0 Å². The van der Waals surface area contributed by atoms with Crippen molar-refractivity contribution < 1.29 is 0 Å². The van der Waals surface area contributed by atoms with Crippen LogP contribution in [0.5, 0.6) is 0 Å². The molecule has 0 atom stereocenters. The lowest BCUT2D eigenvalue weighted by Gasteiger charge is -1.92. The van der Waals surface area contributed by atoms with Gasteiger partial charge in [-0.1, -0.05) is 23.7 Å². The maximum absolute atomic E-state index is 6.04. The molecule has 0 spiro atoms. The number of halogens is 2. The minimum absolute atomic E-state index is 0.911. The van der Waals surface area contributed by atoms with Crippen LogP contribution in [-0.2, 0) is 0 Å². The molecule has 0 aliphatic rings. The Morgan fingerprint density at radius 2 is 2.17 bits per heavy atom. The van der Waals surface area contributed by atoms with Crippen molar-refractivity contribution in [1.82, 2.24) is 0 Å². The Bertz CT molecular complexity index is 433. The molecule has 0 saturated heterocycles. The van der Waals surface area contributed by atoms with Crippen LogP contribution in [0.3, 0.4) is 0 Å². The number of aryl methyl sites for hydroxylation is 1. The van der Waals surface area contributed by atoms with Crippen LogP contribution in [0.25, 0.3) is 10.1 Å². The summed E-state index contributed by atoms with van der Waals surface area (Å²) in [6.45, 7) is 2.07. The van der Waals surface area contributed by atoms with Crippen LogP contribution < -0.4 is 0 Å². The number of fused-ring (bicyclic) bond motifs is 1. The molecule has 1 heterocycles. The molecule has 0 fully saturated rings. The van der Waals surface area contributed by atoms with E-state index >= 15 is 0 Å². The largest absolute Gasteiger partial charge is 0.122 e. The third-order valence-electron chi connectivity index (χ3n) is 1.86. The van der Waals surface area contributed by atoms with E-state index in [9.17, 15) is 0 Å².